The van der Waals surface area contributed by atoms with Crippen molar-refractivity contribution in [2.24, 2.45) is 5.73 Å². The average molecular weight is 374 g/mol. The van der Waals surface area contributed by atoms with Crippen LogP contribution in [0.15, 0.2) is 40.9 Å². The quantitative estimate of drug-likeness (QED) is 0.830. The molecular weight excluding hydrogens is 363 g/mol. The molecule has 0 unspecified atom stereocenters. The van der Waals surface area contributed by atoms with Crippen molar-refractivity contribution in [3.8, 4) is 0 Å². The molecule has 0 radical (unpaired) electrons. The fraction of sp³-hybridized carbons (Fsp3) is 0.0714. The van der Waals surface area contributed by atoms with Crippen LogP contribution in [0.25, 0.3) is 0 Å². The largest absolute Gasteiger partial charge is 0.380 e. The third-order valence-electron chi connectivity index (χ3n) is 2.74. The molecule has 1 amide bonds. The molecule has 3 N–H and O–H groups in total. The summed E-state index contributed by atoms with van der Waals surface area (Å²) in [6, 6.07) is 10.5. The van der Waals surface area contributed by atoms with Gasteiger partial charge in [0.25, 0.3) is 0 Å². The Hall–Kier alpha value is -1.23. The lowest BCUT2D eigenvalue weighted by Crippen LogP contribution is -2.11. The van der Waals surface area contributed by atoms with Gasteiger partial charge in [-0.2, -0.15) is 0 Å². The lowest BCUT2D eigenvalue weighted by molar-refractivity contribution is 0.100. The Bertz CT molecular complexity index is 662. The molecule has 0 aliphatic heterocycles. The molecule has 2 aromatic rings. The minimum atomic E-state index is -0.494. The van der Waals surface area contributed by atoms with Crippen molar-refractivity contribution in [2.45, 2.75) is 6.54 Å². The third-order valence-corrected chi connectivity index (χ3v) is 3.98. The number of halogens is 3. The molecule has 3 nitrogen and oxygen atoms in total. The van der Waals surface area contributed by atoms with Gasteiger partial charge in [0.05, 0.1) is 0 Å². The van der Waals surface area contributed by atoms with Crippen molar-refractivity contribution in [3.05, 3.63) is 62.0 Å². The van der Waals surface area contributed by atoms with Crippen molar-refractivity contribution >= 4 is 50.7 Å². The maximum Gasteiger partial charge on any atom is 0.248 e. The highest BCUT2D eigenvalue weighted by molar-refractivity contribution is 9.10. The van der Waals surface area contributed by atoms with Gasteiger partial charge in [-0.15, -0.1) is 0 Å². The highest BCUT2D eigenvalue weighted by atomic mass is 79.9. The lowest BCUT2D eigenvalue weighted by atomic mass is 10.1. The number of nitrogens with two attached hydrogens (primary N) is 1. The second kappa shape index (κ2) is 6.48. The van der Waals surface area contributed by atoms with Crippen molar-refractivity contribution in [1.29, 1.82) is 0 Å². The molecule has 0 fully saturated rings. The molecule has 0 bridgehead atoms. The average Bonchev–Trinajstić information content (AvgIpc) is 2.38. The second-order valence-corrected chi connectivity index (χ2v) is 5.85. The Morgan fingerprint density at radius 2 is 1.95 bits per heavy atom. The smallest absolute Gasteiger partial charge is 0.248 e. The monoisotopic (exact) mass is 372 g/mol. The molecule has 0 atom stereocenters. The Morgan fingerprint density at radius 1 is 1.20 bits per heavy atom. The van der Waals surface area contributed by atoms with E-state index in [1.165, 1.54) is 0 Å². The summed E-state index contributed by atoms with van der Waals surface area (Å²) >= 11 is 15.4. The van der Waals surface area contributed by atoms with Gasteiger partial charge in [-0.1, -0.05) is 29.3 Å². The van der Waals surface area contributed by atoms with E-state index in [1.807, 2.05) is 12.1 Å². The van der Waals surface area contributed by atoms with E-state index in [9.17, 15) is 4.79 Å². The van der Waals surface area contributed by atoms with Crippen LogP contribution in [0.5, 0.6) is 0 Å². The normalized spacial score (nSPS) is 10.3. The van der Waals surface area contributed by atoms with Gasteiger partial charge >= 0.3 is 0 Å². The number of nitrogens with one attached hydrogen (secondary N) is 1. The maximum atomic E-state index is 11.0. The SMILES string of the molecule is NC(=O)c1ccc(CNc2ccc(Cl)cc2Br)c(Cl)c1. The van der Waals surface area contributed by atoms with E-state index in [1.54, 1.807) is 24.3 Å². The summed E-state index contributed by atoms with van der Waals surface area (Å²) in [6.45, 7) is 0.526. The number of hydrogen-bond donors (Lipinski definition) is 2. The third kappa shape index (κ3) is 3.66. The summed E-state index contributed by atoms with van der Waals surface area (Å²) in [5.74, 6) is -0.494. The molecule has 0 saturated heterocycles. The lowest BCUT2D eigenvalue weighted by Gasteiger charge is -2.10. The zero-order valence-corrected chi connectivity index (χ0v) is 13.4. The van der Waals surface area contributed by atoms with Gasteiger partial charge in [-0.25, -0.2) is 0 Å². The van der Waals surface area contributed by atoms with Crippen LogP contribution in [0.2, 0.25) is 10.0 Å². The van der Waals surface area contributed by atoms with E-state index in [-0.39, 0.29) is 0 Å². The predicted molar refractivity (Wildman–Crippen MR) is 86.4 cm³/mol. The van der Waals surface area contributed by atoms with Gasteiger partial charge in [0, 0.05) is 32.3 Å². The topological polar surface area (TPSA) is 55.1 Å². The van der Waals surface area contributed by atoms with Crippen LogP contribution < -0.4 is 11.1 Å². The Labute approximate surface area is 135 Å². The first kappa shape index (κ1) is 15.2. The van der Waals surface area contributed by atoms with Gasteiger partial charge in [-0.05, 0) is 51.8 Å². The van der Waals surface area contributed by atoms with E-state index in [0.717, 1.165) is 15.7 Å². The summed E-state index contributed by atoms with van der Waals surface area (Å²) in [5, 5.41) is 4.40. The number of anilines is 1. The first-order chi connectivity index (χ1) is 9.47. The zero-order valence-electron chi connectivity index (χ0n) is 10.3. The molecule has 6 heteroatoms. The molecule has 20 heavy (non-hydrogen) atoms. The Morgan fingerprint density at radius 3 is 2.55 bits per heavy atom. The van der Waals surface area contributed by atoms with Crippen LogP contribution in [0, 0.1) is 0 Å². The van der Waals surface area contributed by atoms with Crippen LogP contribution in [0.4, 0.5) is 5.69 Å². The number of benzene rings is 2. The summed E-state index contributed by atoms with van der Waals surface area (Å²) in [6.07, 6.45) is 0. The van der Waals surface area contributed by atoms with Gasteiger partial charge in [0.1, 0.15) is 0 Å². The fourth-order valence-corrected chi connectivity index (χ4v) is 2.74. The minimum absolute atomic E-state index is 0.395. The van der Waals surface area contributed by atoms with Gasteiger partial charge in [-0.3, -0.25) is 4.79 Å². The summed E-state index contributed by atoms with van der Waals surface area (Å²) in [4.78, 5) is 11.0. The first-order valence-corrected chi connectivity index (χ1v) is 7.29. The molecule has 0 aromatic heterocycles. The van der Waals surface area contributed by atoms with Crippen LogP contribution in [0.3, 0.4) is 0 Å². The van der Waals surface area contributed by atoms with E-state index in [0.29, 0.717) is 22.2 Å². The van der Waals surface area contributed by atoms with Crippen LogP contribution in [-0.4, -0.2) is 5.91 Å². The number of carbonyl (C=O) groups excluding carboxylic acids is 1. The highest BCUT2D eigenvalue weighted by Crippen LogP contribution is 2.27. The Balaban J connectivity index is 2.13. The number of primary amides is 1. The number of carbonyl (C=O) groups is 1. The number of amides is 1. The van der Waals surface area contributed by atoms with Crippen molar-refractivity contribution in [2.75, 3.05) is 5.32 Å². The second-order valence-electron chi connectivity index (χ2n) is 4.15. The molecule has 0 heterocycles. The standard InChI is InChI=1S/C14H11BrCl2N2O/c15-11-6-10(16)3-4-13(11)19-7-9-2-1-8(14(18)20)5-12(9)17/h1-6,19H,7H2,(H2,18,20). The first-order valence-electron chi connectivity index (χ1n) is 5.74. The van der Waals surface area contributed by atoms with Crippen LogP contribution >= 0.6 is 39.1 Å². The van der Waals surface area contributed by atoms with Gasteiger partial charge < -0.3 is 11.1 Å². The van der Waals surface area contributed by atoms with Crippen molar-refractivity contribution in [1.82, 2.24) is 0 Å². The fourth-order valence-electron chi connectivity index (χ4n) is 1.67. The Kier molecular flexibility index (Phi) is 4.91. The summed E-state index contributed by atoms with van der Waals surface area (Å²) < 4.78 is 0.870. The molecule has 0 spiro atoms. The molecule has 2 rings (SSSR count). The number of rotatable bonds is 4. The van der Waals surface area contributed by atoms with Crippen molar-refractivity contribution < 1.29 is 4.79 Å². The van der Waals surface area contributed by atoms with Crippen LogP contribution in [-0.2, 0) is 6.54 Å². The van der Waals surface area contributed by atoms with E-state index in [2.05, 4.69) is 21.2 Å². The molecule has 0 aliphatic rings. The van der Waals surface area contributed by atoms with E-state index >= 15 is 0 Å². The van der Waals surface area contributed by atoms with Crippen LogP contribution in [0.1, 0.15) is 15.9 Å². The molecular formula is C14H11BrCl2N2O. The van der Waals surface area contributed by atoms with Crippen molar-refractivity contribution in [3.63, 3.8) is 0 Å². The van der Waals surface area contributed by atoms with Gasteiger partial charge in [0.2, 0.25) is 5.91 Å². The molecule has 0 aliphatic carbocycles. The molecule has 0 saturated carbocycles. The maximum absolute atomic E-state index is 11.0. The summed E-state index contributed by atoms with van der Waals surface area (Å²) in [5.41, 5.74) is 7.38. The summed E-state index contributed by atoms with van der Waals surface area (Å²) in [7, 11) is 0. The predicted octanol–water partition coefficient (Wildman–Crippen LogP) is 4.47. The van der Waals surface area contributed by atoms with E-state index in [4.69, 9.17) is 28.9 Å². The highest BCUT2D eigenvalue weighted by Gasteiger charge is 2.06. The van der Waals surface area contributed by atoms with Gasteiger partial charge in [0.15, 0.2) is 0 Å². The molecule has 2 aromatic carbocycles. The molecule has 104 valence electrons. The minimum Gasteiger partial charge on any atom is -0.380 e. The number of hydrogen-bond acceptors (Lipinski definition) is 2. The zero-order chi connectivity index (χ0) is 14.7. The van der Waals surface area contributed by atoms with E-state index < -0.39 is 5.91 Å².